The number of thiazole rings is 1. The summed E-state index contributed by atoms with van der Waals surface area (Å²) in [5.41, 5.74) is 6.04. The number of aromatic hydroxyl groups is 1. The minimum absolute atomic E-state index is 0.00734. The van der Waals surface area contributed by atoms with Crippen molar-refractivity contribution in [1.29, 1.82) is 0 Å². The van der Waals surface area contributed by atoms with Crippen LogP contribution < -0.4 is 10.6 Å². The van der Waals surface area contributed by atoms with E-state index < -0.39 is 35.4 Å². The Kier molecular flexibility index (Phi) is 12.2. The molecule has 3 aromatic heterocycles. The number of aryl methyl sites for hydroxylation is 1. The monoisotopic (exact) mass is 823 g/mol. The normalized spacial score (nSPS) is 18.0. The van der Waals surface area contributed by atoms with Crippen molar-refractivity contribution >= 4 is 56.5 Å². The number of fused-ring (bicyclic) bond motifs is 1. The molecule has 0 spiro atoms. The van der Waals surface area contributed by atoms with Gasteiger partial charge in [-0.25, -0.2) is 4.98 Å². The Bertz CT molecular complexity index is 2290. The quantitative estimate of drug-likeness (QED) is 0.128. The molecule has 2 fully saturated rings. The first-order valence-electron chi connectivity index (χ1n) is 19.6. The molecule has 5 heterocycles. The molecule has 0 unspecified atom stereocenters. The number of aliphatic hydroxyl groups is 1. The van der Waals surface area contributed by atoms with Crippen LogP contribution in [0.15, 0.2) is 66.2 Å². The zero-order valence-electron chi connectivity index (χ0n) is 33.1. The van der Waals surface area contributed by atoms with E-state index in [9.17, 15) is 29.4 Å². The lowest BCUT2D eigenvalue weighted by atomic mass is 9.85. The molecule has 5 aromatic rings. The number of piperidine rings is 1. The molecule has 0 aliphatic carbocycles. The number of phenolic OH excluding ortho intramolecular Hbond substituents is 1. The van der Waals surface area contributed by atoms with E-state index in [1.165, 1.54) is 9.78 Å². The predicted molar refractivity (Wildman–Crippen MR) is 224 cm³/mol. The van der Waals surface area contributed by atoms with Crippen LogP contribution in [0.25, 0.3) is 31.9 Å². The number of para-hydroxylation sites is 1. The van der Waals surface area contributed by atoms with E-state index in [-0.39, 0.29) is 55.8 Å². The Morgan fingerprint density at radius 2 is 1.72 bits per heavy atom. The van der Waals surface area contributed by atoms with E-state index in [0.717, 1.165) is 44.8 Å². The molecule has 304 valence electrons. The van der Waals surface area contributed by atoms with Gasteiger partial charge in [0.05, 0.1) is 32.6 Å². The number of aliphatic hydroxyl groups excluding tert-OH is 1. The highest BCUT2D eigenvalue weighted by Crippen LogP contribution is 2.38. The molecule has 3 atom stereocenters. The first kappa shape index (κ1) is 40.9. The van der Waals surface area contributed by atoms with Crippen molar-refractivity contribution in [3.8, 4) is 27.4 Å². The van der Waals surface area contributed by atoms with Crippen LogP contribution in [0.5, 0.6) is 5.75 Å². The fourth-order valence-corrected chi connectivity index (χ4v) is 9.70. The second-order valence-electron chi connectivity index (χ2n) is 16.2. The third-order valence-electron chi connectivity index (χ3n) is 11.0. The highest BCUT2D eigenvalue weighted by Gasteiger charge is 2.44. The molecule has 2 aliphatic rings. The van der Waals surface area contributed by atoms with Gasteiger partial charge in [-0.2, -0.15) is 0 Å². The van der Waals surface area contributed by atoms with E-state index in [4.69, 9.17) is 0 Å². The van der Waals surface area contributed by atoms with Gasteiger partial charge in [0.15, 0.2) is 0 Å². The topological polar surface area (TPSA) is 178 Å². The summed E-state index contributed by atoms with van der Waals surface area (Å²) in [6.07, 6.45) is 0.695. The molecule has 0 radical (unpaired) electrons. The maximum absolute atomic E-state index is 14.0. The van der Waals surface area contributed by atoms with Gasteiger partial charge in [-0.05, 0) is 66.5 Å². The summed E-state index contributed by atoms with van der Waals surface area (Å²) >= 11 is 3.23. The molecule has 0 bridgehead atoms. The van der Waals surface area contributed by atoms with Crippen LogP contribution in [0.3, 0.4) is 0 Å². The molecule has 4 amide bonds. The van der Waals surface area contributed by atoms with Crippen molar-refractivity contribution < 1.29 is 29.4 Å². The van der Waals surface area contributed by atoms with Gasteiger partial charge in [0.2, 0.25) is 23.6 Å². The SMILES string of the molecule is Cc1ncsc1-c1ccc(CNC(=O)[C@@H]2C[C@@H](O)CN2C(=O)[C@@H](NC(=O)CCC(=O)N2CCC(c3cc4nnc(-c5ccccc5O)cc4s3)CC2)C(C)(C)C)cc1. The maximum atomic E-state index is 14.0. The zero-order chi connectivity index (χ0) is 41.1. The Morgan fingerprint density at radius 1 is 0.983 bits per heavy atom. The highest BCUT2D eigenvalue weighted by molar-refractivity contribution is 7.19. The van der Waals surface area contributed by atoms with Crippen molar-refractivity contribution in [3.63, 3.8) is 0 Å². The van der Waals surface area contributed by atoms with Crippen LogP contribution in [0.2, 0.25) is 0 Å². The van der Waals surface area contributed by atoms with Gasteiger partial charge in [0.1, 0.15) is 23.3 Å². The Hall–Kier alpha value is -5.25. The van der Waals surface area contributed by atoms with E-state index in [1.807, 2.05) is 75.7 Å². The number of rotatable bonds is 11. The lowest BCUT2D eigenvalue weighted by molar-refractivity contribution is -0.144. The summed E-state index contributed by atoms with van der Waals surface area (Å²) in [4.78, 5) is 63.8. The number of β-amino-alcohol motifs (C(OH)–C–C–N with tert-alkyl or cyclic N) is 1. The van der Waals surface area contributed by atoms with Crippen molar-refractivity contribution in [1.82, 2.24) is 35.6 Å². The molecule has 2 saturated heterocycles. The molecule has 58 heavy (non-hydrogen) atoms. The lowest BCUT2D eigenvalue weighted by Crippen LogP contribution is -2.57. The second-order valence-corrected chi connectivity index (χ2v) is 18.2. The minimum atomic E-state index is -0.977. The number of nitrogens with one attached hydrogen (secondary N) is 2. The van der Waals surface area contributed by atoms with E-state index in [0.29, 0.717) is 24.3 Å². The van der Waals surface area contributed by atoms with Crippen LogP contribution in [-0.4, -0.2) is 96.6 Å². The van der Waals surface area contributed by atoms with Gasteiger partial charge in [-0.15, -0.1) is 32.9 Å². The van der Waals surface area contributed by atoms with E-state index >= 15 is 0 Å². The van der Waals surface area contributed by atoms with Crippen LogP contribution in [0, 0.1) is 12.3 Å². The fraction of sp³-hybridized carbons (Fsp3) is 0.419. The van der Waals surface area contributed by atoms with Gasteiger partial charge in [0.25, 0.3) is 0 Å². The third-order valence-corrected chi connectivity index (χ3v) is 13.2. The molecule has 0 saturated carbocycles. The van der Waals surface area contributed by atoms with Gasteiger partial charge >= 0.3 is 0 Å². The largest absolute Gasteiger partial charge is 0.507 e. The van der Waals surface area contributed by atoms with Crippen molar-refractivity contribution in [2.24, 2.45) is 5.41 Å². The van der Waals surface area contributed by atoms with Gasteiger partial charge in [0, 0.05) is 55.9 Å². The average Bonchev–Trinajstić information content (AvgIpc) is 3.95. The number of phenols is 1. The zero-order valence-corrected chi connectivity index (χ0v) is 34.7. The number of aromatic nitrogens is 3. The predicted octanol–water partition coefficient (Wildman–Crippen LogP) is 5.79. The van der Waals surface area contributed by atoms with Crippen LogP contribution in [-0.2, 0) is 25.7 Å². The van der Waals surface area contributed by atoms with Gasteiger partial charge in [-0.1, -0.05) is 57.2 Å². The van der Waals surface area contributed by atoms with Crippen molar-refractivity contribution in [2.45, 2.75) is 90.4 Å². The third kappa shape index (κ3) is 9.22. The number of benzene rings is 2. The van der Waals surface area contributed by atoms with Gasteiger partial charge in [-0.3, -0.25) is 19.2 Å². The number of carbonyl (C=O) groups excluding carboxylic acids is 4. The number of carbonyl (C=O) groups is 4. The standard InChI is InChI=1S/C43H49N7O6S2/c1-25-39(57-24-45-25)28-11-9-26(10-12-28)22-44-41(55)33-19-29(51)23-50(33)42(56)40(43(2,3)4)46-37(53)13-14-38(54)49-17-15-27(16-18-49)35-21-32-36(58-35)20-31(47-48-32)30-7-5-6-8-34(30)52/h5-12,20-21,24,27,29,33,40,51-52H,13-19,22-23H2,1-4H3,(H,44,55)(H,46,53)/t29-,33+,40-/m1/s1. The summed E-state index contributed by atoms with van der Waals surface area (Å²) in [6, 6.07) is 17.0. The number of nitrogens with zero attached hydrogens (tertiary/aromatic N) is 5. The van der Waals surface area contributed by atoms with Crippen LogP contribution >= 0.6 is 22.7 Å². The molecule has 15 heteroatoms. The number of amides is 4. The Labute approximate surface area is 345 Å². The second kappa shape index (κ2) is 17.3. The number of hydrogen-bond donors (Lipinski definition) is 4. The summed E-state index contributed by atoms with van der Waals surface area (Å²) in [6.45, 7) is 8.83. The number of hydrogen-bond acceptors (Lipinski definition) is 11. The summed E-state index contributed by atoms with van der Waals surface area (Å²) < 4.78 is 0.986. The summed E-state index contributed by atoms with van der Waals surface area (Å²) in [7, 11) is 0. The number of thiophene rings is 1. The average molecular weight is 824 g/mol. The number of likely N-dealkylation sites (tertiary alicyclic amines) is 2. The molecule has 13 nitrogen and oxygen atoms in total. The first-order valence-corrected chi connectivity index (χ1v) is 21.3. The smallest absolute Gasteiger partial charge is 0.246 e. The highest BCUT2D eigenvalue weighted by atomic mass is 32.1. The first-order chi connectivity index (χ1) is 27.7. The minimum Gasteiger partial charge on any atom is -0.507 e. The van der Waals surface area contributed by atoms with Crippen molar-refractivity contribution in [2.75, 3.05) is 19.6 Å². The van der Waals surface area contributed by atoms with E-state index in [2.05, 4.69) is 31.9 Å². The lowest BCUT2D eigenvalue weighted by Gasteiger charge is -2.35. The summed E-state index contributed by atoms with van der Waals surface area (Å²) in [5, 5.41) is 35.4. The molecular weight excluding hydrogens is 775 g/mol. The van der Waals surface area contributed by atoms with Crippen LogP contribution in [0.4, 0.5) is 0 Å². The fourth-order valence-electron chi connectivity index (χ4n) is 7.69. The molecule has 2 aromatic carbocycles. The molecule has 7 rings (SSSR count). The molecule has 4 N–H and O–H groups in total. The Balaban J connectivity index is 0.899. The summed E-state index contributed by atoms with van der Waals surface area (Å²) in [5.74, 6) is -0.950. The van der Waals surface area contributed by atoms with Gasteiger partial charge < -0.3 is 30.6 Å². The molecular formula is C43H49N7O6S2. The maximum Gasteiger partial charge on any atom is 0.246 e. The van der Waals surface area contributed by atoms with Crippen LogP contribution in [0.1, 0.15) is 74.9 Å². The molecule has 2 aliphatic heterocycles. The van der Waals surface area contributed by atoms with Crippen molar-refractivity contribution in [3.05, 3.63) is 82.3 Å². The van der Waals surface area contributed by atoms with E-state index in [1.54, 1.807) is 39.7 Å². The Morgan fingerprint density at radius 3 is 2.41 bits per heavy atom.